The van der Waals surface area contributed by atoms with Crippen molar-refractivity contribution in [1.82, 2.24) is 24.9 Å². The van der Waals surface area contributed by atoms with Gasteiger partial charge in [-0.05, 0) is 67.1 Å². The second-order valence-electron chi connectivity index (χ2n) is 7.36. The summed E-state index contributed by atoms with van der Waals surface area (Å²) >= 11 is 5.59. The summed E-state index contributed by atoms with van der Waals surface area (Å²) in [7, 11) is 0. The summed E-state index contributed by atoms with van der Waals surface area (Å²) in [4.78, 5) is 22.5. The Balaban J connectivity index is 1.36. The molecule has 0 bridgehead atoms. The molecule has 2 N–H and O–H groups in total. The lowest BCUT2D eigenvalue weighted by Crippen LogP contribution is -2.13. The summed E-state index contributed by atoms with van der Waals surface area (Å²) in [5, 5.41) is 7.55. The highest BCUT2D eigenvalue weighted by molar-refractivity contribution is 7.81. The van der Waals surface area contributed by atoms with Gasteiger partial charge in [-0.3, -0.25) is 4.98 Å². The van der Waals surface area contributed by atoms with E-state index in [1.807, 2.05) is 67.6 Å². The number of fused-ring (bicyclic) bond motifs is 1. The number of nitrogens with zero attached hydrogens (tertiary/aromatic N) is 5. The van der Waals surface area contributed by atoms with Crippen LogP contribution in [0.25, 0.3) is 22.3 Å². The molecule has 0 atom stereocenters. The number of aromatic nitrogens is 5. The monoisotopic (exact) mass is 449 g/mol. The highest BCUT2D eigenvalue weighted by atomic mass is 32.1. The minimum atomic E-state index is 0.509. The zero-order chi connectivity index (χ0) is 22.6. The molecular weight excluding hydrogens is 430 g/mol. The standard InChI is InChI=1S/C25H19N7S/c1-16-4-6-19(29-24(33)21-7-5-18-3-2-11-27-23(18)30-21)15-22(16)32-25-28-14-10-20(31-25)17-8-12-26-13-9-17/h2-15H,1H3,(H,29,33)(H,28,31,32). The molecule has 160 valence electrons. The Morgan fingerprint density at radius 3 is 2.61 bits per heavy atom. The second kappa shape index (κ2) is 9.05. The number of benzene rings is 1. The van der Waals surface area contributed by atoms with Gasteiger partial charge in [0, 0.05) is 47.1 Å². The van der Waals surface area contributed by atoms with E-state index in [9.17, 15) is 0 Å². The molecule has 33 heavy (non-hydrogen) atoms. The highest BCUT2D eigenvalue weighted by Gasteiger charge is 2.09. The number of thiocarbonyl (C=S) groups is 1. The van der Waals surface area contributed by atoms with Crippen LogP contribution in [0, 0.1) is 6.92 Å². The first-order valence-corrected chi connectivity index (χ1v) is 10.7. The Hall–Kier alpha value is -4.30. The number of hydrogen-bond acceptors (Lipinski definition) is 7. The average molecular weight is 450 g/mol. The Bertz CT molecular complexity index is 1450. The largest absolute Gasteiger partial charge is 0.345 e. The normalized spacial score (nSPS) is 10.7. The van der Waals surface area contributed by atoms with Gasteiger partial charge in [0.2, 0.25) is 5.95 Å². The maximum absolute atomic E-state index is 5.59. The van der Waals surface area contributed by atoms with E-state index in [-0.39, 0.29) is 0 Å². The van der Waals surface area contributed by atoms with E-state index >= 15 is 0 Å². The van der Waals surface area contributed by atoms with Gasteiger partial charge in [-0.25, -0.2) is 19.9 Å². The molecule has 4 aromatic heterocycles. The molecule has 4 heterocycles. The predicted octanol–water partition coefficient (Wildman–Crippen LogP) is 5.32. The van der Waals surface area contributed by atoms with Crippen LogP contribution in [0.3, 0.4) is 0 Å². The Kier molecular flexibility index (Phi) is 5.65. The number of rotatable bonds is 5. The zero-order valence-corrected chi connectivity index (χ0v) is 18.5. The van der Waals surface area contributed by atoms with Crippen molar-refractivity contribution in [2.45, 2.75) is 6.92 Å². The van der Waals surface area contributed by atoms with Crippen LogP contribution < -0.4 is 10.6 Å². The van der Waals surface area contributed by atoms with Gasteiger partial charge >= 0.3 is 0 Å². The Morgan fingerprint density at radius 1 is 0.848 bits per heavy atom. The van der Waals surface area contributed by atoms with Crippen LogP contribution >= 0.6 is 12.2 Å². The van der Waals surface area contributed by atoms with Gasteiger partial charge in [-0.1, -0.05) is 18.3 Å². The average Bonchev–Trinajstić information content (AvgIpc) is 2.86. The molecule has 0 aliphatic heterocycles. The maximum Gasteiger partial charge on any atom is 0.227 e. The van der Waals surface area contributed by atoms with Gasteiger partial charge in [0.25, 0.3) is 0 Å². The van der Waals surface area contributed by atoms with E-state index in [0.29, 0.717) is 22.3 Å². The van der Waals surface area contributed by atoms with Crippen molar-refractivity contribution in [3.8, 4) is 11.3 Å². The van der Waals surface area contributed by atoms with Crippen molar-refractivity contribution >= 4 is 45.6 Å². The molecule has 0 unspecified atom stereocenters. The van der Waals surface area contributed by atoms with Gasteiger partial charge < -0.3 is 10.6 Å². The van der Waals surface area contributed by atoms with Crippen molar-refractivity contribution < 1.29 is 0 Å². The molecule has 0 fully saturated rings. The molecule has 7 nitrogen and oxygen atoms in total. The number of pyridine rings is 3. The lowest BCUT2D eigenvalue weighted by molar-refractivity contribution is 1.16. The van der Waals surface area contributed by atoms with Crippen LogP contribution in [0.2, 0.25) is 0 Å². The Labute approximate surface area is 196 Å². The van der Waals surface area contributed by atoms with E-state index in [1.165, 1.54) is 0 Å². The van der Waals surface area contributed by atoms with Crippen LogP contribution in [-0.4, -0.2) is 29.9 Å². The van der Waals surface area contributed by atoms with Crippen LogP contribution in [0.15, 0.2) is 85.5 Å². The summed E-state index contributed by atoms with van der Waals surface area (Å²) in [6.45, 7) is 2.02. The van der Waals surface area contributed by atoms with Crippen LogP contribution in [0.5, 0.6) is 0 Å². The number of anilines is 3. The fourth-order valence-electron chi connectivity index (χ4n) is 3.33. The maximum atomic E-state index is 5.59. The predicted molar refractivity (Wildman–Crippen MR) is 135 cm³/mol. The van der Waals surface area contributed by atoms with E-state index in [2.05, 4.69) is 35.6 Å². The number of aryl methyl sites for hydroxylation is 1. The fourth-order valence-corrected chi connectivity index (χ4v) is 3.56. The molecule has 0 radical (unpaired) electrons. The molecule has 5 aromatic rings. The first kappa shape index (κ1) is 20.6. The lowest BCUT2D eigenvalue weighted by atomic mass is 10.1. The third kappa shape index (κ3) is 4.65. The van der Waals surface area contributed by atoms with Crippen LogP contribution in [0.4, 0.5) is 17.3 Å². The van der Waals surface area contributed by atoms with Gasteiger partial charge in [0.1, 0.15) is 10.7 Å². The zero-order valence-electron chi connectivity index (χ0n) is 17.7. The summed E-state index contributed by atoms with van der Waals surface area (Å²) in [5.41, 5.74) is 5.89. The minimum Gasteiger partial charge on any atom is -0.345 e. The summed E-state index contributed by atoms with van der Waals surface area (Å²) in [5.74, 6) is 0.509. The first-order valence-electron chi connectivity index (χ1n) is 10.3. The molecule has 0 spiro atoms. The molecule has 0 aliphatic carbocycles. The van der Waals surface area contributed by atoms with Gasteiger partial charge in [0.05, 0.1) is 5.69 Å². The number of hydrogen-bond donors (Lipinski definition) is 2. The summed E-state index contributed by atoms with van der Waals surface area (Å²) in [6.07, 6.45) is 6.94. The third-order valence-electron chi connectivity index (χ3n) is 5.07. The van der Waals surface area contributed by atoms with Crippen LogP contribution in [-0.2, 0) is 0 Å². The first-order chi connectivity index (χ1) is 16.2. The van der Waals surface area contributed by atoms with Gasteiger partial charge in [0.15, 0.2) is 5.65 Å². The quantitative estimate of drug-likeness (QED) is 0.349. The molecule has 8 heteroatoms. The van der Waals surface area contributed by atoms with Crippen molar-refractivity contribution in [3.05, 3.63) is 96.7 Å². The van der Waals surface area contributed by atoms with E-state index in [0.717, 1.165) is 33.6 Å². The molecule has 5 rings (SSSR count). The third-order valence-corrected chi connectivity index (χ3v) is 5.38. The molecule has 0 amide bonds. The van der Waals surface area contributed by atoms with E-state index < -0.39 is 0 Å². The van der Waals surface area contributed by atoms with E-state index in [4.69, 9.17) is 12.2 Å². The Morgan fingerprint density at radius 2 is 1.73 bits per heavy atom. The second-order valence-corrected chi connectivity index (χ2v) is 7.77. The minimum absolute atomic E-state index is 0.509. The smallest absolute Gasteiger partial charge is 0.227 e. The summed E-state index contributed by atoms with van der Waals surface area (Å²) in [6, 6.07) is 19.4. The van der Waals surface area contributed by atoms with Crippen molar-refractivity contribution in [3.63, 3.8) is 0 Å². The topological polar surface area (TPSA) is 88.5 Å². The van der Waals surface area contributed by atoms with Gasteiger partial charge in [-0.2, -0.15) is 0 Å². The molecule has 0 aliphatic rings. The number of nitrogens with one attached hydrogen (secondary N) is 2. The van der Waals surface area contributed by atoms with Crippen molar-refractivity contribution in [1.29, 1.82) is 0 Å². The molecule has 1 aromatic carbocycles. The van der Waals surface area contributed by atoms with Gasteiger partial charge in [-0.15, -0.1) is 0 Å². The molecule has 0 saturated heterocycles. The fraction of sp³-hybridized carbons (Fsp3) is 0.0400. The van der Waals surface area contributed by atoms with Crippen molar-refractivity contribution in [2.24, 2.45) is 0 Å². The lowest BCUT2D eigenvalue weighted by Gasteiger charge is -2.13. The molecule has 0 saturated carbocycles. The van der Waals surface area contributed by atoms with Crippen LogP contribution in [0.1, 0.15) is 11.3 Å². The SMILES string of the molecule is Cc1ccc(NC(=S)c2ccc3cccnc3n2)cc1Nc1nccc(-c2ccncc2)n1. The van der Waals surface area contributed by atoms with E-state index in [1.54, 1.807) is 24.8 Å². The summed E-state index contributed by atoms with van der Waals surface area (Å²) < 4.78 is 0. The highest BCUT2D eigenvalue weighted by Crippen LogP contribution is 2.25. The molecular formula is C25H19N7S. The van der Waals surface area contributed by atoms with Crippen molar-refractivity contribution in [2.75, 3.05) is 10.6 Å².